The highest BCUT2D eigenvalue weighted by Gasteiger charge is 2.34. The van der Waals surface area contributed by atoms with Gasteiger partial charge in [-0.3, -0.25) is 14.5 Å². The van der Waals surface area contributed by atoms with E-state index in [4.69, 9.17) is 5.73 Å². The molecular weight excluding hydrogens is 397 g/mol. The van der Waals surface area contributed by atoms with Crippen molar-refractivity contribution >= 4 is 17.5 Å². The van der Waals surface area contributed by atoms with Gasteiger partial charge in [-0.05, 0) is 42.3 Å². The molecule has 0 spiro atoms. The molecule has 30 heavy (non-hydrogen) atoms. The number of rotatable bonds is 5. The smallest absolute Gasteiger partial charge is 0.366 e. The summed E-state index contributed by atoms with van der Waals surface area (Å²) in [6.45, 7) is 4.68. The lowest BCUT2D eigenvalue weighted by Crippen LogP contribution is -2.43. The van der Waals surface area contributed by atoms with Crippen molar-refractivity contribution in [2.75, 3.05) is 31.5 Å². The van der Waals surface area contributed by atoms with Gasteiger partial charge >= 0.3 is 6.18 Å². The molecule has 0 saturated carbocycles. The number of halogens is 3. The molecule has 2 aromatic rings. The predicted molar refractivity (Wildman–Crippen MR) is 107 cm³/mol. The molecule has 0 bridgehead atoms. The first kappa shape index (κ1) is 21.8. The Morgan fingerprint density at radius 1 is 1.13 bits per heavy atom. The normalized spacial score (nSPS) is 15.1. The molecule has 3 rings (SSSR count). The number of alkyl halides is 3. The standard InChI is InChI=1S/C21H23F3N4O2/c1-13-2-3-14(10-17(13)19(25)29)20(30)27-16-5-4-15(18(11-16)21(22,23)24)12-28-8-6-26-7-9-28/h2-5,10-11,26H,6-9,12H2,1H3,(H2,25,29)(H,27,30). The monoisotopic (exact) mass is 420 g/mol. The van der Waals surface area contributed by atoms with E-state index < -0.39 is 23.6 Å². The first-order valence-electron chi connectivity index (χ1n) is 9.50. The third-order valence-corrected chi connectivity index (χ3v) is 5.04. The van der Waals surface area contributed by atoms with Gasteiger partial charge in [-0.1, -0.05) is 12.1 Å². The minimum atomic E-state index is -4.55. The maximum Gasteiger partial charge on any atom is 0.416 e. The van der Waals surface area contributed by atoms with Gasteiger partial charge in [-0.2, -0.15) is 13.2 Å². The number of aryl methyl sites for hydroxylation is 1. The Morgan fingerprint density at radius 2 is 1.83 bits per heavy atom. The van der Waals surface area contributed by atoms with Crippen molar-refractivity contribution in [3.8, 4) is 0 Å². The number of hydrogen-bond donors (Lipinski definition) is 3. The minimum Gasteiger partial charge on any atom is -0.366 e. The van der Waals surface area contributed by atoms with Crippen LogP contribution in [0.3, 0.4) is 0 Å². The first-order valence-corrected chi connectivity index (χ1v) is 9.50. The van der Waals surface area contributed by atoms with Crippen LogP contribution in [0.5, 0.6) is 0 Å². The number of piperazine rings is 1. The number of benzene rings is 2. The number of anilines is 1. The summed E-state index contributed by atoms with van der Waals surface area (Å²) < 4.78 is 40.9. The molecule has 1 saturated heterocycles. The second-order valence-corrected chi connectivity index (χ2v) is 7.24. The van der Waals surface area contributed by atoms with Gasteiger partial charge < -0.3 is 16.4 Å². The van der Waals surface area contributed by atoms with Gasteiger partial charge in [0.05, 0.1) is 5.56 Å². The fourth-order valence-corrected chi connectivity index (χ4v) is 3.40. The molecule has 2 amide bonds. The summed E-state index contributed by atoms with van der Waals surface area (Å²) in [4.78, 5) is 25.9. The fraction of sp³-hybridized carbons (Fsp3) is 0.333. The zero-order valence-electron chi connectivity index (χ0n) is 16.5. The summed E-state index contributed by atoms with van der Waals surface area (Å²) in [6.07, 6.45) is -4.55. The molecule has 6 nitrogen and oxygen atoms in total. The van der Waals surface area contributed by atoms with E-state index in [1.807, 2.05) is 4.90 Å². The molecule has 1 aliphatic heterocycles. The van der Waals surface area contributed by atoms with Crippen LogP contribution < -0.4 is 16.4 Å². The van der Waals surface area contributed by atoms with E-state index in [0.717, 1.165) is 19.2 Å². The van der Waals surface area contributed by atoms with Gasteiger partial charge in [0.2, 0.25) is 5.91 Å². The van der Waals surface area contributed by atoms with E-state index >= 15 is 0 Å². The lowest BCUT2D eigenvalue weighted by atomic mass is 10.0. The number of amides is 2. The Morgan fingerprint density at radius 3 is 2.47 bits per heavy atom. The average molecular weight is 420 g/mol. The highest BCUT2D eigenvalue weighted by Crippen LogP contribution is 2.34. The summed E-state index contributed by atoms with van der Waals surface area (Å²) in [5, 5.41) is 5.64. The van der Waals surface area contributed by atoms with Crippen LogP contribution in [0.15, 0.2) is 36.4 Å². The van der Waals surface area contributed by atoms with E-state index in [-0.39, 0.29) is 28.9 Å². The van der Waals surface area contributed by atoms with E-state index in [2.05, 4.69) is 10.6 Å². The fourth-order valence-electron chi connectivity index (χ4n) is 3.40. The number of carbonyl (C=O) groups is 2. The average Bonchev–Trinajstić information content (AvgIpc) is 2.69. The quantitative estimate of drug-likeness (QED) is 0.694. The molecule has 0 radical (unpaired) electrons. The summed E-state index contributed by atoms with van der Waals surface area (Å²) in [5.41, 5.74) is 5.63. The van der Waals surface area contributed by atoms with Crippen LogP contribution >= 0.6 is 0 Å². The van der Waals surface area contributed by atoms with Crippen LogP contribution in [0, 0.1) is 6.92 Å². The summed E-state index contributed by atoms with van der Waals surface area (Å²) in [7, 11) is 0. The second-order valence-electron chi connectivity index (χ2n) is 7.24. The number of nitrogens with one attached hydrogen (secondary N) is 2. The Labute approximate surface area is 172 Å². The maximum atomic E-state index is 13.6. The van der Waals surface area contributed by atoms with Gasteiger partial charge in [0.25, 0.3) is 5.91 Å². The number of carbonyl (C=O) groups excluding carboxylic acids is 2. The summed E-state index contributed by atoms with van der Waals surface area (Å²) >= 11 is 0. The maximum absolute atomic E-state index is 13.6. The number of nitrogens with zero attached hydrogens (tertiary/aromatic N) is 1. The van der Waals surface area contributed by atoms with Crippen molar-refractivity contribution in [2.45, 2.75) is 19.6 Å². The van der Waals surface area contributed by atoms with Crippen molar-refractivity contribution < 1.29 is 22.8 Å². The van der Waals surface area contributed by atoms with E-state index in [1.54, 1.807) is 13.0 Å². The molecule has 160 valence electrons. The molecule has 0 atom stereocenters. The number of primary amides is 1. The minimum absolute atomic E-state index is 0.0255. The van der Waals surface area contributed by atoms with E-state index in [9.17, 15) is 22.8 Å². The summed E-state index contributed by atoms with van der Waals surface area (Å²) in [5.74, 6) is -1.31. The van der Waals surface area contributed by atoms with Crippen LogP contribution in [0.1, 0.15) is 37.4 Å². The number of nitrogens with two attached hydrogens (primary N) is 1. The highest BCUT2D eigenvalue weighted by molar-refractivity contribution is 6.06. The Balaban J connectivity index is 1.83. The lowest BCUT2D eigenvalue weighted by Gasteiger charge is -2.28. The molecule has 2 aromatic carbocycles. The Bertz CT molecular complexity index is 954. The molecule has 1 aliphatic rings. The SMILES string of the molecule is Cc1ccc(C(=O)Nc2ccc(CN3CCNCC3)c(C(F)(F)F)c2)cc1C(N)=O. The molecule has 9 heteroatoms. The van der Waals surface area contributed by atoms with Crippen molar-refractivity contribution in [3.05, 3.63) is 64.2 Å². The van der Waals surface area contributed by atoms with Crippen molar-refractivity contribution in [3.63, 3.8) is 0 Å². The molecule has 4 N–H and O–H groups in total. The van der Waals surface area contributed by atoms with Crippen molar-refractivity contribution in [1.82, 2.24) is 10.2 Å². The van der Waals surface area contributed by atoms with Gasteiger partial charge in [-0.15, -0.1) is 0 Å². The topological polar surface area (TPSA) is 87.5 Å². The van der Waals surface area contributed by atoms with Crippen LogP contribution in [0.25, 0.3) is 0 Å². The van der Waals surface area contributed by atoms with Crippen molar-refractivity contribution in [1.29, 1.82) is 0 Å². The van der Waals surface area contributed by atoms with Crippen LogP contribution in [0.2, 0.25) is 0 Å². The molecule has 1 fully saturated rings. The van der Waals surface area contributed by atoms with Crippen LogP contribution in [-0.4, -0.2) is 42.9 Å². The Hall–Kier alpha value is -2.91. The number of hydrogen-bond acceptors (Lipinski definition) is 4. The van der Waals surface area contributed by atoms with Gasteiger partial charge in [0.1, 0.15) is 0 Å². The molecule has 1 heterocycles. The van der Waals surface area contributed by atoms with Crippen molar-refractivity contribution in [2.24, 2.45) is 5.73 Å². The van der Waals surface area contributed by atoms with E-state index in [1.165, 1.54) is 24.3 Å². The summed E-state index contributed by atoms with van der Waals surface area (Å²) in [6, 6.07) is 8.17. The van der Waals surface area contributed by atoms with Gasteiger partial charge in [0, 0.05) is 49.5 Å². The van der Waals surface area contributed by atoms with Crippen LogP contribution in [-0.2, 0) is 12.7 Å². The third-order valence-electron chi connectivity index (χ3n) is 5.04. The molecule has 0 unspecified atom stereocenters. The van der Waals surface area contributed by atoms with Gasteiger partial charge in [-0.25, -0.2) is 0 Å². The zero-order chi connectivity index (χ0) is 21.9. The zero-order valence-corrected chi connectivity index (χ0v) is 16.5. The third kappa shape index (κ3) is 5.17. The molecule has 0 aliphatic carbocycles. The molecular formula is C21H23F3N4O2. The van der Waals surface area contributed by atoms with Crippen LogP contribution in [0.4, 0.5) is 18.9 Å². The highest BCUT2D eigenvalue weighted by atomic mass is 19.4. The van der Waals surface area contributed by atoms with E-state index in [0.29, 0.717) is 18.7 Å². The lowest BCUT2D eigenvalue weighted by molar-refractivity contribution is -0.138. The second kappa shape index (κ2) is 8.85. The predicted octanol–water partition coefficient (Wildman–Crippen LogP) is 2.77. The van der Waals surface area contributed by atoms with Gasteiger partial charge in [0.15, 0.2) is 0 Å². The first-order chi connectivity index (χ1) is 14.1. The largest absolute Gasteiger partial charge is 0.416 e. The Kier molecular flexibility index (Phi) is 6.42. The molecule has 0 aromatic heterocycles.